The van der Waals surface area contributed by atoms with Crippen molar-refractivity contribution in [2.24, 2.45) is 0 Å². The lowest BCUT2D eigenvalue weighted by atomic mass is 10.2. The van der Waals surface area contributed by atoms with Crippen LogP contribution >= 0.6 is 0 Å². The minimum atomic E-state index is -0.393. The molecule has 16 heavy (non-hydrogen) atoms. The molecule has 0 saturated heterocycles. The molecule has 0 aliphatic carbocycles. The van der Waals surface area contributed by atoms with Gasteiger partial charge in [0.05, 0.1) is 0 Å². The van der Waals surface area contributed by atoms with Crippen LogP contribution in [0, 0.1) is 0 Å². The highest BCUT2D eigenvalue weighted by Crippen LogP contribution is 2.11. The number of unbranched alkanes of at least 4 members (excludes halogenated alkanes) is 1. The van der Waals surface area contributed by atoms with Gasteiger partial charge in [-0.1, -0.05) is 20.3 Å². The van der Waals surface area contributed by atoms with E-state index in [2.05, 4.69) is 18.7 Å². The van der Waals surface area contributed by atoms with Gasteiger partial charge in [-0.2, -0.15) is 0 Å². The maximum absolute atomic E-state index is 11.9. The molecule has 1 atom stereocenters. The number of nitrogens with zero attached hydrogens (tertiary/aromatic N) is 1. The monoisotopic (exact) mass is 229 g/mol. The fourth-order valence-electron chi connectivity index (χ4n) is 1.52. The molecule has 0 saturated carbocycles. The van der Waals surface area contributed by atoms with Crippen LogP contribution in [0.2, 0.25) is 0 Å². The Morgan fingerprint density at radius 1 is 1.31 bits per heavy atom. The lowest BCUT2D eigenvalue weighted by Crippen LogP contribution is -2.42. The van der Waals surface area contributed by atoms with Gasteiger partial charge in [0.2, 0.25) is 0 Å². The standard InChI is InChI=1S/C13H27NO2/c1-7-9-10-14(8-2)11(3)12(15)16-13(4,5)6/h11H,7-10H2,1-6H3. The summed E-state index contributed by atoms with van der Waals surface area (Å²) in [6.45, 7) is 13.7. The highest BCUT2D eigenvalue weighted by Gasteiger charge is 2.25. The fourth-order valence-corrected chi connectivity index (χ4v) is 1.52. The maximum atomic E-state index is 11.9. The Hall–Kier alpha value is -0.570. The Morgan fingerprint density at radius 3 is 2.25 bits per heavy atom. The summed E-state index contributed by atoms with van der Waals surface area (Å²) in [6, 6.07) is -0.143. The fraction of sp³-hybridized carbons (Fsp3) is 0.923. The molecule has 0 fully saturated rings. The number of likely N-dealkylation sites (N-methyl/N-ethyl adjacent to an activating group) is 1. The number of ether oxygens (including phenoxy) is 1. The van der Waals surface area contributed by atoms with Gasteiger partial charge in [0, 0.05) is 0 Å². The highest BCUT2D eigenvalue weighted by atomic mass is 16.6. The molecule has 1 unspecified atom stereocenters. The van der Waals surface area contributed by atoms with Crippen molar-refractivity contribution in [1.82, 2.24) is 4.90 Å². The highest BCUT2D eigenvalue weighted by molar-refractivity contribution is 5.75. The van der Waals surface area contributed by atoms with Crippen molar-refractivity contribution >= 4 is 5.97 Å². The molecule has 0 aliphatic rings. The molecule has 0 aromatic heterocycles. The van der Waals surface area contributed by atoms with E-state index >= 15 is 0 Å². The summed E-state index contributed by atoms with van der Waals surface area (Å²) in [5, 5.41) is 0. The Balaban J connectivity index is 4.27. The van der Waals surface area contributed by atoms with E-state index in [1.54, 1.807) is 0 Å². The van der Waals surface area contributed by atoms with Crippen LogP contribution in [-0.4, -0.2) is 35.6 Å². The van der Waals surface area contributed by atoms with Gasteiger partial charge in [-0.3, -0.25) is 9.69 Å². The normalized spacial score (nSPS) is 13.9. The summed E-state index contributed by atoms with van der Waals surface area (Å²) >= 11 is 0. The zero-order valence-corrected chi connectivity index (χ0v) is 11.7. The van der Waals surface area contributed by atoms with E-state index in [1.165, 1.54) is 0 Å². The van der Waals surface area contributed by atoms with E-state index in [9.17, 15) is 4.79 Å². The summed E-state index contributed by atoms with van der Waals surface area (Å²) in [5.74, 6) is -0.120. The third-order valence-corrected chi connectivity index (χ3v) is 2.50. The molecule has 0 radical (unpaired) electrons. The van der Waals surface area contributed by atoms with Gasteiger partial charge in [0.1, 0.15) is 11.6 Å². The largest absolute Gasteiger partial charge is 0.459 e. The molecule has 96 valence electrons. The van der Waals surface area contributed by atoms with Gasteiger partial charge in [0.15, 0.2) is 0 Å². The second kappa shape index (κ2) is 6.89. The predicted molar refractivity (Wildman–Crippen MR) is 67.5 cm³/mol. The molecule has 0 aromatic rings. The van der Waals surface area contributed by atoms with Crippen LogP contribution in [0.1, 0.15) is 54.4 Å². The van der Waals surface area contributed by atoms with Crippen molar-refractivity contribution in [2.45, 2.75) is 66.0 Å². The van der Waals surface area contributed by atoms with Crippen LogP contribution in [0.15, 0.2) is 0 Å². The molecule has 0 amide bonds. The van der Waals surface area contributed by atoms with Crippen LogP contribution in [0.3, 0.4) is 0 Å². The van der Waals surface area contributed by atoms with Gasteiger partial charge in [-0.15, -0.1) is 0 Å². The van der Waals surface area contributed by atoms with Crippen molar-refractivity contribution in [3.63, 3.8) is 0 Å². The average Bonchev–Trinajstić information content (AvgIpc) is 2.16. The molecule has 0 N–H and O–H groups in total. The molecule has 3 heteroatoms. The molecule has 0 spiro atoms. The van der Waals surface area contributed by atoms with E-state index < -0.39 is 5.60 Å². The molecular formula is C13H27NO2. The van der Waals surface area contributed by atoms with Crippen molar-refractivity contribution < 1.29 is 9.53 Å². The van der Waals surface area contributed by atoms with Crippen LogP contribution < -0.4 is 0 Å². The minimum absolute atomic E-state index is 0.120. The predicted octanol–water partition coefficient (Wildman–Crippen LogP) is 2.84. The first kappa shape index (κ1) is 15.4. The van der Waals surface area contributed by atoms with Crippen LogP contribution in [0.5, 0.6) is 0 Å². The Kier molecular flexibility index (Phi) is 6.65. The number of esters is 1. The Labute approximate surface area is 100 Å². The van der Waals surface area contributed by atoms with E-state index in [0.29, 0.717) is 0 Å². The van der Waals surface area contributed by atoms with E-state index in [0.717, 1.165) is 25.9 Å². The summed E-state index contributed by atoms with van der Waals surface area (Å²) in [6.07, 6.45) is 2.28. The van der Waals surface area contributed by atoms with E-state index in [1.807, 2.05) is 27.7 Å². The second-order valence-electron chi connectivity index (χ2n) is 5.19. The first-order valence-corrected chi connectivity index (χ1v) is 6.28. The Bertz CT molecular complexity index is 208. The SMILES string of the molecule is CCCCN(CC)C(C)C(=O)OC(C)(C)C. The summed E-state index contributed by atoms with van der Waals surface area (Å²) < 4.78 is 5.38. The van der Waals surface area contributed by atoms with E-state index in [4.69, 9.17) is 4.74 Å². The van der Waals surface area contributed by atoms with Gasteiger partial charge in [-0.05, 0) is 47.2 Å². The topological polar surface area (TPSA) is 29.5 Å². The molecule has 0 aliphatic heterocycles. The number of rotatable bonds is 6. The van der Waals surface area contributed by atoms with Crippen molar-refractivity contribution in [1.29, 1.82) is 0 Å². The first-order chi connectivity index (χ1) is 7.31. The average molecular weight is 229 g/mol. The minimum Gasteiger partial charge on any atom is -0.459 e. The van der Waals surface area contributed by atoms with Crippen molar-refractivity contribution in [3.05, 3.63) is 0 Å². The third-order valence-electron chi connectivity index (χ3n) is 2.50. The van der Waals surface area contributed by atoms with Gasteiger partial charge in [-0.25, -0.2) is 0 Å². The zero-order valence-electron chi connectivity index (χ0n) is 11.7. The molecule has 0 bridgehead atoms. The van der Waals surface area contributed by atoms with Gasteiger partial charge >= 0.3 is 5.97 Å². The summed E-state index contributed by atoms with van der Waals surface area (Å²) in [5.41, 5.74) is -0.393. The quantitative estimate of drug-likeness (QED) is 0.656. The molecule has 0 rings (SSSR count). The first-order valence-electron chi connectivity index (χ1n) is 6.28. The summed E-state index contributed by atoms with van der Waals surface area (Å²) in [7, 11) is 0. The maximum Gasteiger partial charge on any atom is 0.323 e. The number of carbonyl (C=O) groups is 1. The number of carbonyl (C=O) groups excluding carboxylic acids is 1. The number of hydrogen-bond donors (Lipinski definition) is 0. The van der Waals surface area contributed by atoms with Crippen LogP contribution in [0.25, 0.3) is 0 Å². The van der Waals surface area contributed by atoms with Crippen molar-refractivity contribution in [2.75, 3.05) is 13.1 Å². The lowest BCUT2D eigenvalue weighted by Gasteiger charge is -2.29. The smallest absolute Gasteiger partial charge is 0.323 e. The Morgan fingerprint density at radius 2 is 1.88 bits per heavy atom. The molecule has 0 heterocycles. The van der Waals surface area contributed by atoms with E-state index in [-0.39, 0.29) is 12.0 Å². The summed E-state index contributed by atoms with van der Waals surface area (Å²) in [4.78, 5) is 14.0. The second-order valence-corrected chi connectivity index (χ2v) is 5.19. The molecular weight excluding hydrogens is 202 g/mol. The van der Waals surface area contributed by atoms with Crippen molar-refractivity contribution in [3.8, 4) is 0 Å². The number of hydrogen-bond acceptors (Lipinski definition) is 3. The van der Waals surface area contributed by atoms with Crippen LogP contribution in [-0.2, 0) is 9.53 Å². The van der Waals surface area contributed by atoms with Gasteiger partial charge in [0.25, 0.3) is 0 Å². The zero-order chi connectivity index (χ0) is 12.8. The van der Waals surface area contributed by atoms with Crippen LogP contribution in [0.4, 0.5) is 0 Å². The molecule has 3 nitrogen and oxygen atoms in total. The third kappa shape index (κ3) is 6.11. The molecule has 0 aromatic carbocycles. The van der Waals surface area contributed by atoms with Gasteiger partial charge < -0.3 is 4.74 Å². The lowest BCUT2D eigenvalue weighted by molar-refractivity contribution is -0.160.